The molecule has 0 fully saturated rings. The third-order valence-electron chi connectivity index (χ3n) is 1.33. The summed E-state index contributed by atoms with van der Waals surface area (Å²) >= 11 is 0. The molecule has 0 aliphatic carbocycles. The lowest BCUT2D eigenvalue weighted by Gasteiger charge is -2.27. The molecule has 0 spiro atoms. The molecule has 0 aromatic rings. The molecule has 0 saturated carbocycles. The molecule has 0 aromatic carbocycles. The number of carboxylic acid groups (broad SMARTS) is 1. The fraction of sp³-hybridized carbons (Fsp3) is 0.667. The van der Waals surface area contributed by atoms with Gasteiger partial charge in [0.05, 0.1) is 5.76 Å². The van der Waals surface area contributed by atoms with Crippen molar-refractivity contribution in [1.82, 2.24) is 0 Å². The Hall–Kier alpha value is -0.990. The highest BCUT2D eigenvalue weighted by molar-refractivity contribution is 5.73. The van der Waals surface area contributed by atoms with Gasteiger partial charge in [0, 0.05) is 5.41 Å². The molecular weight excluding hydrogens is 156 g/mol. The topological polar surface area (TPSA) is 46.5 Å². The van der Waals surface area contributed by atoms with E-state index >= 15 is 0 Å². The van der Waals surface area contributed by atoms with Gasteiger partial charge in [-0.15, -0.1) is 0 Å². The van der Waals surface area contributed by atoms with Crippen molar-refractivity contribution in [3.8, 4) is 0 Å². The molecule has 0 rings (SSSR count). The highest BCUT2D eigenvalue weighted by Crippen LogP contribution is 2.23. The van der Waals surface area contributed by atoms with Crippen LogP contribution < -0.4 is 0 Å². The fourth-order valence-corrected chi connectivity index (χ4v) is 0.799. The quantitative estimate of drug-likeness (QED) is 0.662. The molecule has 0 radical (unpaired) electrons. The summed E-state index contributed by atoms with van der Waals surface area (Å²) in [5.41, 5.74) is -0.412. The lowest BCUT2D eigenvalue weighted by molar-refractivity contribution is -0.154. The first kappa shape index (κ1) is 11.0. The number of aliphatic carboxylic acids is 1. The van der Waals surface area contributed by atoms with Gasteiger partial charge >= 0.3 is 5.97 Å². The molecule has 0 aliphatic rings. The van der Waals surface area contributed by atoms with Gasteiger partial charge in [-0.25, -0.2) is 4.79 Å². The lowest BCUT2D eigenvalue weighted by atomic mass is 9.89. The van der Waals surface area contributed by atoms with Crippen LogP contribution in [0.4, 0.5) is 0 Å². The molecule has 1 unspecified atom stereocenters. The van der Waals surface area contributed by atoms with Crippen LogP contribution in [0.15, 0.2) is 12.3 Å². The summed E-state index contributed by atoms with van der Waals surface area (Å²) in [4.78, 5) is 10.7. The predicted octanol–water partition coefficient (Wildman–Crippen LogP) is 2.04. The standard InChI is InChI=1S/C9H16O3/c1-6(2)12-7(8(10)11)9(3,4)5/h7H,1H2,2-5H3,(H,10,11). The normalized spacial score (nSPS) is 13.7. The number of hydrogen-bond donors (Lipinski definition) is 1. The van der Waals surface area contributed by atoms with Crippen molar-refractivity contribution in [1.29, 1.82) is 0 Å². The second kappa shape index (κ2) is 3.61. The minimum Gasteiger partial charge on any atom is -0.483 e. The van der Waals surface area contributed by atoms with Crippen LogP contribution in [0.2, 0.25) is 0 Å². The molecule has 12 heavy (non-hydrogen) atoms. The number of hydrogen-bond acceptors (Lipinski definition) is 2. The highest BCUT2D eigenvalue weighted by Gasteiger charge is 2.32. The second-order valence-electron chi connectivity index (χ2n) is 3.90. The van der Waals surface area contributed by atoms with E-state index < -0.39 is 17.5 Å². The fourth-order valence-electron chi connectivity index (χ4n) is 0.799. The molecule has 0 bridgehead atoms. The minimum atomic E-state index is -0.953. The summed E-state index contributed by atoms with van der Waals surface area (Å²) < 4.78 is 5.08. The Balaban J connectivity index is 4.46. The molecule has 0 saturated heterocycles. The second-order valence-corrected chi connectivity index (χ2v) is 3.90. The molecule has 1 atom stereocenters. The maximum Gasteiger partial charge on any atom is 0.345 e. The smallest absolute Gasteiger partial charge is 0.345 e. The molecule has 3 heteroatoms. The van der Waals surface area contributed by atoms with Gasteiger partial charge in [-0.2, -0.15) is 0 Å². The van der Waals surface area contributed by atoms with Crippen LogP contribution in [0.5, 0.6) is 0 Å². The maximum absolute atomic E-state index is 10.7. The van der Waals surface area contributed by atoms with Crippen LogP contribution >= 0.6 is 0 Å². The van der Waals surface area contributed by atoms with E-state index in [9.17, 15) is 4.79 Å². The number of carbonyl (C=O) groups is 1. The number of allylic oxidation sites excluding steroid dienone is 1. The third kappa shape index (κ3) is 3.42. The van der Waals surface area contributed by atoms with E-state index in [4.69, 9.17) is 9.84 Å². The van der Waals surface area contributed by atoms with E-state index in [1.165, 1.54) is 0 Å². The first-order valence-corrected chi connectivity index (χ1v) is 3.80. The highest BCUT2D eigenvalue weighted by atomic mass is 16.5. The zero-order chi connectivity index (χ0) is 9.94. The van der Waals surface area contributed by atoms with Gasteiger partial charge in [0.15, 0.2) is 6.10 Å². The van der Waals surface area contributed by atoms with Gasteiger partial charge in [0.25, 0.3) is 0 Å². The van der Waals surface area contributed by atoms with Crippen molar-refractivity contribution in [3.05, 3.63) is 12.3 Å². The molecule has 0 amide bonds. The van der Waals surface area contributed by atoms with Crippen molar-refractivity contribution >= 4 is 5.97 Å². The number of rotatable bonds is 3. The Morgan fingerprint density at radius 1 is 1.50 bits per heavy atom. The van der Waals surface area contributed by atoms with E-state index in [1.807, 2.05) is 20.8 Å². The molecule has 0 aliphatic heterocycles. The van der Waals surface area contributed by atoms with E-state index in [2.05, 4.69) is 6.58 Å². The Morgan fingerprint density at radius 3 is 2.00 bits per heavy atom. The summed E-state index contributed by atoms with van der Waals surface area (Å²) in [6, 6.07) is 0. The van der Waals surface area contributed by atoms with Crippen LogP contribution in [0.3, 0.4) is 0 Å². The van der Waals surface area contributed by atoms with E-state index in [0.717, 1.165) is 0 Å². The molecule has 3 nitrogen and oxygen atoms in total. The molecule has 1 N–H and O–H groups in total. The first-order chi connectivity index (χ1) is 5.25. The molecular formula is C9H16O3. The van der Waals surface area contributed by atoms with Gasteiger partial charge in [-0.3, -0.25) is 0 Å². The Labute approximate surface area is 73.0 Å². The summed E-state index contributed by atoms with van der Waals surface area (Å²) in [6.07, 6.45) is -0.824. The van der Waals surface area contributed by atoms with Gasteiger partial charge in [-0.1, -0.05) is 27.4 Å². The summed E-state index contributed by atoms with van der Waals surface area (Å²) in [6.45, 7) is 10.6. The zero-order valence-corrected chi connectivity index (χ0v) is 8.05. The van der Waals surface area contributed by atoms with Crippen molar-refractivity contribution in [2.75, 3.05) is 0 Å². The average Bonchev–Trinajstić information content (AvgIpc) is 1.79. The Bertz CT molecular complexity index is 188. The van der Waals surface area contributed by atoms with Crippen molar-refractivity contribution in [3.63, 3.8) is 0 Å². The number of ether oxygens (including phenoxy) is 1. The number of carboxylic acids is 1. The van der Waals surface area contributed by atoms with Crippen LogP contribution in [0.25, 0.3) is 0 Å². The van der Waals surface area contributed by atoms with Crippen molar-refractivity contribution in [2.45, 2.75) is 33.8 Å². The van der Waals surface area contributed by atoms with Crippen LogP contribution in [-0.2, 0) is 9.53 Å². The predicted molar refractivity (Wildman–Crippen MR) is 46.8 cm³/mol. The Morgan fingerprint density at radius 2 is 1.92 bits per heavy atom. The van der Waals surface area contributed by atoms with Gasteiger partial charge < -0.3 is 9.84 Å². The van der Waals surface area contributed by atoms with Crippen LogP contribution in [-0.4, -0.2) is 17.2 Å². The van der Waals surface area contributed by atoms with Crippen molar-refractivity contribution in [2.24, 2.45) is 5.41 Å². The maximum atomic E-state index is 10.7. The van der Waals surface area contributed by atoms with Crippen LogP contribution in [0, 0.1) is 5.41 Å². The molecule has 0 aromatic heterocycles. The van der Waals surface area contributed by atoms with Gasteiger partial charge in [0.2, 0.25) is 0 Å². The van der Waals surface area contributed by atoms with E-state index in [1.54, 1.807) is 6.92 Å². The van der Waals surface area contributed by atoms with Gasteiger partial charge in [0.1, 0.15) is 0 Å². The largest absolute Gasteiger partial charge is 0.483 e. The van der Waals surface area contributed by atoms with E-state index in [0.29, 0.717) is 5.76 Å². The Kier molecular flexibility index (Phi) is 3.31. The van der Waals surface area contributed by atoms with Crippen molar-refractivity contribution < 1.29 is 14.6 Å². The first-order valence-electron chi connectivity index (χ1n) is 3.80. The van der Waals surface area contributed by atoms with Crippen LogP contribution in [0.1, 0.15) is 27.7 Å². The van der Waals surface area contributed by atoms with E-state index in [-0.39, 0.29) is 0 Å². The van der Waals surface area contributed by atoms with Gasteiger partial charge in [-0.05, 0) is 6.92 Å². The zero-order valence-electron chi connectivity index (χ0n) is 8.05. The lowest BCUT2D eigenvalue weighted by Crippen LogP contribution is -2.36. The minimum absolute atomic E-state index is 0.412. The SMILES string of the molecule is C=C(C)OC(C(=O)O)C(C)(C)C. The monoisotopic (exact) mass is 172 g/mol. The summed E-state index contributed by atoms with van der Waals surface area (Å²) in [5.74, 6) is -0.525. The molecule has 70 valence electrons. The summed E-state index contributed by atoms with van der Waals surface area (Å²) in [5, 5.41) is 8.79. The third-order valence-corrected chi connectivity index (χ3v) is 1.33. The molecule has 0 heterocycles. The average molecular weight is 172 g/mol. The summed E-state index contributed by atoms with van der Waals surface area (Å²) in [7, 11) is 0.